The van der Waals surface area contributed by atoms with E-state index in [1.54, 1.807) is 11.3 Å². The van der Waals surface area contributed by atoms with E-state index in [2.05, 4.69) is 53.5 Å². The molecule has 0 aromatic carbocycles. The van der Waals surface area contributed by atoms with Crippen molar-refractivity contribution in [2.45, 2.75) is 39.9 Å². The predicted octanol–water partition coefficient (Wildman–Crippen LogP) is 4.32. The molecule has 21 heavy (non-hydrogen) atoms. The monoisotopic (exact) mass is 323 g/mol. The fourth-order valence-corrected chi connectivity index (χ4v) is 3.12. The molecule has 2 aromatic heterocycles. The van der Waals surface area contributed by atoms with Gasteiger partial charge in [0.05, 0.1) is 11.6 Å². The van der Waals surface area contributed by atoms with Gasteiger partial charge in [0.1, 0.15) is 5.82 Å². The number of nitrogens with one attached hydrogen (secondary N) is 1. The first-order valence-electron chi connectivity index (χ1n) is 7.26. The minimum absolute atomic E-state index is 0.344. The number of hydrogen-bond acceptors (Lipinski definition) is 4. The summed E-state index contributed by atoms with van der Waals surface area (Å²) in [5.74, 6) is 0.861. The molecule has 0 spiro atoms. The summed E-state index contributed by atoms with van der Waals surface area (Å²) in [5.41, 5.74) is 1.12. The van der Waals surface area contributed by atoms with Crippen LogP contribution >= 0.6 is 22.9 Å². The average molecular weight is 324 g/mol. The summed E-state index contributed by atoms with van der Waals surface area (Å²) in [6.07, 6.45) is 1.91. The van der Waals surface area contributed by atoms with Gasteiger partial charge in [-0.1, -0.05) is 24.6 Å². The van der Waals surface area contributed by atoms with Crippen LogP contribution in [0.1, 0.15) is 31.2 Å². The lowest BCUT2D eigenvalue weighted by molar-refractivity contribution is 0.675. The van der Waals surface area contributed by atoms with Crippen LogP contribution in [-0.4, -0.2) is 17.6 Å². The molecule has 0 unspecified atom stereocenters. The Hall–Kier alpha value is -1.10. The number of rotatable bonds is 7. The zero-order chi connectivity index (χ0) is 15.2. The third kappa shape index (κ3) is 4.43. The smallest absolute Gasteiger partial charge is 0.147 e. The number of thiophene rings is 1. The molecule has 114 valence electrons. The molecule has 0 atom stereocenters. The second-order valence-electron chi connectivity index (χ2n) is 5.23. The van der Waals surface area contributed by atoms with Crippen LogP contribution in [0, 0.1) is 0 Å². The molecule has 3 nitrogen and oxygen atoms in total. The van der Waals surface area contributed by atoms with Crippen molar-refractivity contribution >= 4 is 28.8 Å². The highest BCUT2D eigenvalue weighted by molar-refractivity contribution is 7.09. The molecule has 0 aliphatic carbocycles. The first kappa shape index (κ1) is 16.3. The minimum Gasteiger partial charge on any atom is -0.348 e. The highest BCUT2D eigenvalue weighted by atomic mass is 35.5. The molecule has 0 amide bonds. The highest BCUT2D eigenvalue weighted by Gasteiger charge is 2.16. The third-order valence-corrected chi connectivity index (χ3v) is 4.40. The molecular weight excluding hydrogens is 302 g/mol. The van der Waals surface area contributed by atoms with Crippen LogP contribution in [0.4, 0.5) is 5.82 Å². The second-order valence-corrected chi connectivity index (χ2v) is 6.67. The van der Waals surface area contributed by atoms with Gasteiger partial charge in [-0.2, -0.15) is 0 Å². The van der Waals surface area contributed by atoms with Crippen molar-refractivity contribution in [1.29, 1.82) is 0 Å². The Morgan fingerprint density at radius 1 is 1.43 bits per heavy atom. The van der Waals surface area contributed by atoms with Crippen molar-refractivity contribution in [2.24, 2.45) is 0 Å². The van der Waals surface area contributed by atoms with E-state index in [1.807, 2.05) is 12.3 Å². The zero-order valence-electron chi connectivity index (χ0n) is 12.8. The van der Waals surface area contributed by atoms with Crippen LogP contribution in [-0.2, 0) is 13.1 Å². The number of nitrogens with zero attached hydrogens (tertiary/aromatic N) is 2. The van der Waals surface area contributed by atoms with Gasteiger partial charge in [0, 0.05) is 23.7 Å². The van der Waals surface area contributed by atoms with Crippen LogP contribution in [0.2, 0.25) is 5.02 Å². The van der Waals surface area contributed by atoms with Gasteiger partial charge in [-0.15, -0.1) is 11.3 Å². The Labute approximate surface area is 136 Å². The van der Waals surface area contributed by atoms with Gasteiger partial charge in [-0.05, 0) is 43.5 Å². The molecule has 0 radical (unpaired) electrons. The lowest BCUT2D eigenvalue weighted by Gasteiger charge is -2.28. The molecule has 0 fully saturated rings. The van der Waals surface area contributed by atoms with Crippen molar-refractivity contribution in [1.82, 2.24) is 10.3 Å². The SMILES string of the molecule is CCNCc1cnc(N(Cc2cccs2)C(C)C)c(Cl)c1. The Morgan fingerprint density at radius 2 is 2.24 bits per heavy atom. The Morgan fingerprint density at radius 3 is 2.81 bits per heavy atom. The standard InChI is InChI=1S/C16H22ClN3S/c1-4-18-9-13-8-15(17)16(19-10-13)20(12(2)3)11-14-6-5-7-21-14/h5-8,10,12,18H,4,9,11H2,1-3H3. The van der Waals surface area contributed by atoms with Crippen LogP contribution in [0.3, 0.4) is 0 Å². The molecule has 0 aliphatic heterocycles. The van der Waals surface area contributed by atoms with Crippen LogP contribution in [0.25, 0.3) is 0 Å². The Bertz CT molecular complexity index is 555. The molecule has 2 rings (SSSR count). The van der Waals surface area contributed by atoms with E-state index < -0.39 is 0 Å². The second kappa shape index (κ2) is 7.78. The maximum Gasteiger partial charge on any atom is 0.147 e. The van der Waals surface area contributed by atoms with E-state index in [1.165, 1.54) is 4.88 Å². The van der Waals surface area contributed by atoms with E-state index in [4.69, 9.17) is 11.6 Å². The molecule has 2 heterocycles. The summed E-state index contributed by atoms with van der Waals surface area (Å²) < 4.78 is 0. The van der Waals surface area contributed by atoms with Gasteiger partial charge < -0.3 is 10.2 Å². The topological polar surface area (TPSA) is 28.2 Å². The van der Waals surface area contributed by atoms with E-state index in [-0.39, 0.29) is 0 Å². The van der Waals surface area contributed by atoms with Gasteiger partial charge in [-0.25, -0.2) is 4.98 Å². The fourth-order valence-electron chi connectivity index (χ4n) is 2.12. The molecule has 0 saturated carbocycles. The average Bonchev–Trinajstić information content (AvgIpc) is 2.96. The van der Waals surface area contributed by atoms with Gasteiger partial charge in [0.15, 0.2) is 0 Å². The molecule has 5 heteroatoms. The first-order valence-corrected chi connectivity index (χ1v) is 8.51. The van der Waals surface area contributed by atoms with Crippen molar-refractivity contribution in [3.63, 3.8) is 0 Å². The molecule has 1 N–H and O–H groups in total. The quantitative estimate of drug-likeness (QED) is 0.822. The number of pyridine rings is 1. The van der Waals surface area contributed by atoms with Gasteiger partial charge in [-0.3, -0.25) is 0 Å². The molecular formula is C16H22ClN3S. The summed E-state index contributed by atoms with van der Waals surface area (Å²) in [6, 6.07) is 6.58. The lowest BCUT2D eigenvalue weighted by Crippen LogP contribution is -2.31. The summed E-state index contributed by atoms with van der Waals surface area (Å²) >= 11 is 8.22. The van der Waals surface area contributed by atoms with Crippen molar-refractivity contribution < 1.29 is 0 Å². The van der Waals surface area contributed by atoms with Crippen LogP contribution in [0.5, 0.6) is 0 Å². The summed E-state index contributed by atoms with van der Waals surface area (Å²) in [5, 5.41) is 6.11. The lowest BCUT2D eigenvalue weighted by atomic mass is 10.2. The van der Waals surface area contributed by atoms with Gasteiger partial charge >= 0.3 is 0 Å². The van der Waals surface area contributed by atoms with Gasteiger partial charge in [0.2, 0.25) is 0 Å². The van der Waals surface area contributed by atoms with Gasteiger partial charge in [0.25, 0.3) is 0 Å². The molecule has 2 aromatic rings. The summed E-state index contributed by atoms with van der Waals surface area (Å²) in [4.78, 5) is 8.15. The maximum atomic E-state index is 6.46. The zero-order valence-corrected chi connectivity index (χ0v) is 14.3. The third-order valence-electron chi connectivity index (χ3n) is 3.26. The first-order chi connectivity index (χ1) is 10.1. The Balaban J connectivity index is 2.20. The predicted molar refractivity (Wildman–Crippen MR) is 92.3 cm³/mol. The van der Waals surface area contributed by atoms with E-state index in [0.29, 0.717) is 6.04 Å². The molecule has 0 aliphatic rings. The van der Waals surface area contributed by atoms with Crippen molar-refractivity contribution in [2.75, 3.05) is 11.4 Å². The maximum absolute atomic E-state index is 6.46. The van der Waals surface area contributed by atoms with E-state index in [9.17, 15) is 0 Å². The molecule has 0 bridgehead atoms. The molecule has 0 saturated heterocycles. The number of hydrogen-bond donors (Lipinski definition) is 1. The van der Waals surface area contributed by atoms with E-state index >= 15 is 0 Å². The largest absolute Gasteiger partial charge is 0.348 e. The minimum atomic E-state index is 0.344. The highest BCUT2D eigenvalue weighted by Crippen LogP contribution is 2.28. The number of anilines is 1. The number of halogens is 1. The van der Waals surface area contributed by atoms with Crippen molar-refractivity contribution in [3.05, 3.63) is 45.2 Å². The van der Waals surface area contributed by atoms with Crippen molar-refractivity contribution in [3.8, 4) is 0 Å². The van der Waals surface area contributed by atoms with E-state index in [0.717, 1.165) is 36.0 Å². The van der Waals surface area contributed by atoms with Crippen LogP contribution < -0.4 is 10.2 Å². The normalized spacial score (nSPS) is 11.1. The Kier molecular flexibility index (Phi) is 6.03. The summed E-state index contributed by atoms with van der Waals surface area (Å²) in [6.45, 7) is 9.00. The van der Waals surface area contributed by atoms with Crippen LogP contribution in [0.15, 0.2) is 29.8 Å². The fraction of sp³-hybridized carbons (Fsp3) is 0.438. The number of aromatic nitrogens is 1. The summed E-state index contributed by atoms with van der Waals surface area (Å²) in [7, 11) is 0.